The lowest BCUT2D eigenvalue weighted by Crippen LogP contribution is -2.19. The number of non-ortho nitro benzene ring substituents is 1. The van der Waals surface area contributed by atoms with Gasteiger partial charge in [-0.15, -0.1) is 0 Å². The molecule has 32 heavy (non-hydrogen) atoms. The van der Waals surface area contributed by atoms with Gasteiger partial charge in [0.2, 0.25) is 0 Å². The van der Waals surface area contributed by atoms with E-state index in [1.807, 2.05) is 42.5 Å². The van der Waals surface area contributed by atoms with E-state index in [9.17, 15) is 14.9 Å². The minimum absolute atomic E-state index is 0.0669. The van der Waals surface area contributed by atoms with Gasteiger partial charge in [-0.3, -0.25) is 14.9 Å². The largest absolute Gasteiger partial charge is 0.488 e. The van der Waals surface area contributed by atoms with Crippen LogP contribution in [0.1, 0.15) is 11.1 Å². The molecule has 0 spiro atoms. The van der Waals surface area contributed by atoms with Crippen molar-refractivity contribution in [2.75, 3.05) is 0 Å². The number of nitrogens with one attached hydrogen (secondary N) is 1. The van der Waals surface area contributed by atoms with Gasteiger partial charge in [0.15, 0.2) is 5.17 Å². The maximum atomic E-state index is 12.4. The molecule has 1 saturated heterocycles. The zero-order chi connectivity index (χ0) is 22.5. The maximum Gasteiger partial charge on any atom is 0.271 e. The number of halogens is 1. The molecule has 1 fully saturated rings. The predicted octanol–water partition coefficient (Wildman–Crippen LogP) is 5.72. The molecule has 0 bridgehead atoms. The van der Waals surface area contributed by atoms with E-state index in [2.05, 4.69) is 10.3 Å². The van der Waals surface area contributed by atoms with E-state index in [-0.39, 0.29) is 11.6 Å². The highest BCUT2D eigenvalue weighted by Gasteiger charge is 2.24. The van der Waals surface area contributed by atoms with Crippen molar-refractivity contribution in [2.24, 2.45) is 4.99 Å². The highest BCUT2D eigenvalue weighted by atomic mass is 35.5. The fourth-order valence-electron chi connectivity index (χ4n) is 2.93. The molecule has 0 radical (unpaired) electrons. The van der Waals surface area contributed by atoms with E-state index in [4.69, 9.17) is 16.3 Å². The summed E-state index contributed by atoms with van der Waals surface area (Å²) in [6.07, 6.45) is 1.73. The molecule has 9 heteroatoms. The Morgan fingerprint density at radius 3 is 2.72 bits per heavy atom. The van der Waals surface area contributed by atoms with Gasteiger partial charge in [-0.1, -0.05) is 48.0 Å². The summed E-state index contributed by atoms with van der Waals surface area (Å²) in [5.74, 6) is 0.321. The first-order chi connectivity index (χ1) is 15.5. The van der Waals surface area contributed by atoms with Gasteiger partial charge >= 0.3 is 0 Å². The highest BCUT2D eigenvalue weighted by molar-refractivity contribution is 8.18. The predicted molar refractivity (Wildman–Crippen MR) is 126 cm³/mol. The maximum absolute atomic E-state index is 12.4. The van der Waals surface area contributed by atoms with Gasteiger partial charge in [-0.05, 0) is 47.7 Å². The van der Waals surface area contributed by atoms with Crippen molar-refractivity contribution >= 4 is 51.9 Å². The number of ether oxygens (including phenoxy) is 1. The van der Waals surface area contributed by atoms with Crippen molar-refractivity contribution in [3.05, 3.63) is 104 Å². The van der Waals surface area contributed by atoms with Crippen LogP contribution < -0.4 is 10.1 Å². The Labute approximate surface area is 192 Å². The molecule has 1 amide bonds. The highest BCUT2D eigenvalue weighted by Crippen LogP contribution is 2.31. The molecular weight excluding hydrogens is 450 g/mol. The topological polar surface area (TPSA) is 93.8 Å². The Bertz CT molecular complexity index is 1260. The molecule has 160 valence electrons. The third-order valence-electron chi connectivity index (χ3n) is 4.41. The van der Waals surface area contributed by atoms with Crippen molar-refractivity contribution in [3.8, 4) is 5.75 Å². The standard InChI is InChI=1S/C23H16ClN3O4S/c24-17-7-3-5-15(11-17)14-31-20-10-2-1-6-16(20)12-21-22(28)26-23(32-21)25-18-8-4-9-19(13-18)27(29)30/h1-13H,14H2,(H,25,26,28)/b21-12-. The summed E-state index contributed by atoms with van der Waals surface area (Å²) >= 11 is 7.18. The van der Waals surface area contributed by atoms with Crippen LogP contribution in [-0.4, -0.2) is 16.0 Å². The number of nitro groups is 1. The third kappa shape index (κ3) is 5.35. The van der Waals surface area contributed by atoms with Crippen molar-refractivity contribution in [1.82, 2.24) is 5.32 Å². The quantitative estimate of drug-likeness (QED) is 0.285. The Morgan fingerprint density at radius 2 is 1.91 bits per heavy atom. The number of rotatable bonds is 6. The first-order valence-electron chi connectivity index (χ1n) is 9.48. The number of hydrogen-bond acceptors (Lipinski definition) is 6. The molecule has 0 saturated carbocycles. The summed E-state index contributed by atoms with van der Waals surface area (Å²) in [5.41, 5.74) is 1.99. The number of amidine groups is 1. The van der Waals surface area contributed by atoms with Crippen LogP contribution in [-0.2, 0) is 11.4 Å². The van der Waals surface area contributed by atoms with E-state index in [1.54, 1.807) is 24.3 Å². The number of carbonyl (C=O) groups excluding carboxylic acids is 1. The number of benzene rings is 3. The summed E-state index contributed by atoms with van der Waals surface area (Å²) in [6.45, 7) is 0.333. The van der Waals surface area contributed by atoms with E-state index < -0.39 is 4.92 Å². The van der Waals surface area contributed by atoms with Crippen molar-refractivity contribution < 1.29 is 14.5 Å². The summed E-state index contributed by atoms with van der Waals surface area (Å²) in [6, 6.07) is 20.7. The van der Waals surface area contributed by atoms with E-state index in [0.717, 1.165) is 22.9 Å². The van der Waals surface area contributed by atoms with Gasteiger partial charge < -0.3 is 10.1 Å². The van der Waals surface area contributed by atoms with Crippen LogP contribution in [0.3, 0.4) is 0 Å². The first kappa shape index (κ1) is 21.6. The van der Waals surface area contributed by atoms with Gasteiger partial charge in [-0.25, -0.2) is 4.99 Å². The first-order valence-corrected chi connectivity index (χ1v) is 10.7. The minimum atomic E-state index is -0.490. The minimum Gasteiger partial charge on any atom is -0.488 e. The number of carbonyl (C=O) groups is 1. The zero-order valence-corrected chi connectivity index (χ0v) is 18.1. The average molecular weight is 466 g/mol. The third-order valence-corrected chi connectivity index (χ3v) is 5.56. The number of amides is 1. The Balaban J connectivity index is 1.52. The van der Waals surface area contributed by atoms with Crippen molar-refractivity contribution in [3.63, 3.8) is 0 Å². The van der Waals surface area contributed by atoms with Crippen LogP contribution in [0.4, 0.5) is 11.4 Å². The smallest absolute Gasteiger partial charge is 0.271 e. The van der Waals surface area contributed by atoms with Crippen LogP contribution in [0, 0.1) is 10.1 Å². The lowest BCUT2D eigenvalue weighted by molar-refractivity contribution is -0.384. The lowest BCUT2D eigenvalue weighted by atomic mass is 10.2. The van der Waals surface area contributed by atoms with Gasteiger partial charge in [0.1, 0.15) is 12.4 Å². The van der Waals surface area contributed by atoms with E-state index in [1.165, 1.54) is 12.1 Å². The summed E-state index contributed by atoms with van der Waals surface area (Å²) in [4.78, 5) is 27.6. The number of hydrogen-bond donors (Lipinski definition) is 1. The number of aliphatic imine (C=N–C) groups is 1. The van der Waals surface area contributed by atoms with Crippen LogP contribution in [0.25, 0.3) is 6.08 Å². The normalized spacial score (nSPS) is 15.7. The van der Waals surface area contributed by atoms with Gasteiger partial charge in [0.25, 0.3) is 11.6 Å². The molecule has 3 aromatic carbocycles. The zero-order valence-electron chi connectivity index (χ0n) is 16.5. The molecular formula is C23H16ClN3O4S. The van der Waals surface area contributed by atoms with E-state index >= 15 is 0 Å². The monoisotopic (exact) mass is 465 g/mol. The molecule has 1 aliphatic rings. The fourth-order valence-corrected chi connectivity index (χ4v) is 3.98. The summed E-state index contributed by atoms with van der Waals surface area (Å²) < 4.78 is 5.94. The van der Waals surface area contributed by atoms with Gasteiger partial charge in [-0.2, -0.15) is 0 Å². The number of thioether (sulfide) groups is 1. The molecule has 0 aromatic heterocycles. The lowest BCUT2D eigenvalue weighted by Gasteiger charge is -2.09. The van der Waals surface area contributed by atoms with Gasteiger partial charge in [0, 0.05) is 22.7 Å². The molecule has 1 aliphatic heterocycles. The van der Waals surface area contributed by atoms with Crippen LogP contribution in [0.15, 0.2) is 82.7 Å². The fraction of sp³-hybridized carbons (Fsp3) is 0.0435. The van der Waals surface area contributed by atoms with Crippen molar-refractivity contribution in [2.45, 2.75) is 6.61 Å². The Morgan fingerprint density at radius 1 is 1.09 bits per heavy atom. The average Bonchev–Trinajstić information content (AvgIpc) is 3.12. The molecule has 1 heterocycles. The molecule has 1 N–H and O–H groups in total. The SMILES string of the molecule is O=C1NC(=Nc2cccc([N+](=O)[O-])c2)S/C1=C\c1ccccc1OCc1cccc(Cl)c1. The summed E-state index contributed by atoms with van der Waals surface area (Å²) in [7, 11) is 0. The van der Waals surface area contributed by atoms with E-state index in [0.29, 0.717) is 33.1 Å². The molecule has 3 aromatic rings. The second-order valence-electron chi connectivity index (χ2n) is 6.72. The van der Waals surface area contributed by atoms with Gasteiger partial charge in [0.05, 0.1) is 15.5 Å². The second kappa shape index (κ2) is 9.67. The molecule has 0 unspecified atom stereocenters. The number of para-hydroxylation sites is 1. The molecule has 0 aliphatic carbocycles. The summed E-state index contributed by atoms with van der Waals surface area (Å²) in [5, 5.41) is 14.6. The Kier molecular flexibility index (Phi) is 6.53. The number of nitrogens with zero attached hydrogens (tertiary/aromatic N) is 2. The molecule has 0 atom stereocenters. The van der Waals surface area contributed by atoms with Crippen molar-refractivity contribution in [1.29, 1.82) is 0 Å². The van der Waals surface area contributed by atoms with Crippen LogP contribution in [0.2, 0.25) is 5.02 Å². The Hall–Kier alpha value is -3.62. The van der Waals surface area contributed by atoms with Crippen LogP contribution in [0.5, 0.6) is 5.75 Å². The molecule has 4 rings (SSSR count). The number of nitro benzene ring substituents is 1. The molecule has 7 nitrogen and oxygen atoms in total. The second-order valence-corrected chi connectivity index (χ2v) is 8.18. The van der Waals surface area contributed by atoms with Crippen LogP contribution >= 0.6 is 23.4 Å².